The first-order valence-corrected chi connectivity index (χ1v) is 5.17. The van der Waals surface area contributed by atoms with Gasteiger partial charge in [-0.25, -0.2) is 14.4 Å². The van der Waals surface area contributed by atoms with Crippen molar-refractivity contribution in [3.8, 4) is 5.75 Å². The van der Waals surface area contributed by atoms with Crippen LogP contribution in [0.4, 0.5) is 10.1 Å². The van der Waals surface area contributed by atoms with Crippen molar-refractivity contribution < 1.29 is 9.50 Å². The number of nitrogens with zero attached hydrogens (tertiary/aromatic N) is 2. The molecule has 0 aliphatic heterocycles. The summed E-state index contributed by atoms with van der Waals surface area (Å²) in [4.78, 5) is 7.74. The van der Waals surface area contributed by atoms with Crippen LogP contribution in [-0.2, 0) is 0 Å². The fourth-order valence-corrected chi connectivity index (χ4v) is 1.58. The molecule has 0 saturated heterocycles. The molecule has 4 nitrogen and oxygen atoms in total. The van der Waals surface area contributed by atoms with Gasteiger partial charge in [-0.15, -0.1) is 0 Å². The summed E-state index contributed by atoms with van der Waals surface area (Å²) >= 11 is 0. The number of hydrogen-bond acceptors (Lipinski definition) is 4. The monoisotopic (exact) mass is 233 g/mol. The number of halogens is 1. The molecule has 0 saturated carbocycles. The van der Waals surface area contributed by atoms with Gasteiger partial charge in [0.15, 0.2) is 0 Å². The number of benzene rings is 1. The first-order valence-electron chi connectivity index (χ1n) is 5.17. The molecule has 2 N–H and O–H groups in total. The second kappa shape index (κ2) is 4.78. The average molecular weight is 233 g/mol. The molecule has 1 unspecified atom stereocenters. The maximum absolute atomic E-state index is 12.8. The van der Waals surface area contributed by atoms with Gasteiger partial charge in [0.1, 0.15) is 17.9 Å². The Balaban J connectivity index is 2.17. The van der Waals surface area contributed by atoms with Crippen molar-refractivity contribution in [1.82, 2.24) is 9.97 Å². The minimum absolute atomic E-state index is 0.0677. The molecule has 0 bridgehead atoms. The van der Waals surface area contributed by atoms with Gasteiger partial charge < -0.3 is 10.4 Å². The lowest BCUT2D eigenvalue weighted by molar-refractivity contribution is 0.459. The molecule has 2 rings (SSSR count). The van der Waals surface area contributed by atoms with E-state index in [1.807, 2.05) is 6.92 Å². The molecule has 2 aromatic rings. The van der Waals surface area contributed by atoms with Crippen molar-refractivity contribution in [3.05, 3.63) is 48.3 Å². The van der Waals surface area contributed by atoms with Gasteiger partial charge in [0.2, 0.25) is 0 Å². The zero-order valence-corrected chi connectivity index (χ0v) is 9.26. The molecule has 1 atom stereocenters. The summed E-state index contributed by atoms with van der Waals surface area (Å²) in [7, 11) is 0. The molecule has 0 spiro atoms. The van der Waals surface area contributed by atoms with Crippen LogP contribution in [0.25, 0.3) is 0 Å². The van der Waals surface area contributed by atoms with Crippen molar-refractivity contribution in [2.45, 2.75) is 13.0 Å². The predicted molar refractivity (Wildman–Crippen MR) is 62.1 cm³/mol. The van der Waals surface area contributed by atoms with Crippen molar-refractivity contribution in [2.24, 2.45) is 0 Å². The van der Waals surface area contributed by atoms with Crippen molar-refractivity contribution in [3.63, 3.8) is 0 Å². The number of hydrogen-bond donors (Lipinski definition) is 2. The third kappa shape index (κ3) is 2.69. The number of phenols is 1. The maximum Gasteiger partial charge on any atom is 0.126 e. The van der Waals surface area contributed by atoms with E-state index >= 15 is 0 Å². The third-order valence-electron chi connectivity index (χ3n) is 2.40. The average Bonchev–Trinajstić information content (AvgIpc) is 2.30. The Morgan fingerprint density at radius 2 is 2.00 bits per heavy atom. The molecule has 0 aliphatic rings. The number of aromatic hydroxyl groups is 1. The van der Waals surface area contributed by atoms with E-state index in [0.29, 0.717) is 5.56 Å². The lowest BCUT2D eigenvalue weighted by Crippen LogP contribution is -2.07. The van der Waals surface area contributed by atoms with Crippen molar-refractivity contribution in [1.29, 1.82) is 0 Å². The summed E-state index contributed by atoms with van der Waals surface area (Å²) < 4.78 is 12.8. The van der Waals surface area contributed by atoms with Crippen molar-refractivity contribution in [2.75, 3.05) is 5.32 Å². The lowest BCUT2D eigenvalue weighted by atomic mass is 10.1. The van der Waals surface area contributed by atoms with E-state index in [1.54, 1.807) is 18.5 Å². The fourth-order valence-electron chi connectivity index (χ4n) is 1.58. The van der Waals surface area contributed by atoms with E-state index in [9.17, 15) is 9.50 Å². The molecule has 0 fully saturated rings. The lowest BCUT2D eigenvalue weighted by Gasteiger charge is -2.16. The zero-order valence-electron chi connectivity index (χ0n) is 9.26. The second-order valence-corrected chi connectivity index (χ2v) is 3.70. The summed E-state index contributed by atoms with van der Waals surface area (Å²) in [6.45, 7) is 1.86. The Labute approximate surface area is 98.2 Å². The highest BCUT2D eigenvalue weighted by molar-refractivity contribution is 5.44. The molecule has 88 valence electrons. The van der Waals surface area contributed by atoms with Crippen LogP contribution in [0, 0.1) is 5.82 Å². The highest BCUT2D eigenvalue weighted by atomic mass is 19.1. The maximum atomic E-state index is 12.8. The van der Waals surface area contributed by atoms with Crippen LogP contribution in [0.5, 0.6) is 5.75 Å². The van der Waals surface area contributed by atoms with Gasteiger partial charge in [0, 0.05) is 11.6 Å². The highest BCUT2D eigenvalue weighted by Gasteiger charge is 2.10. The number of rotatable bonds is 3. The first-order chi connectivity index (χ1) is 8.16. The number of phenolic OH excluding ortho intramolecular Hbond substituents is 1. The van der Waals surface area contributed by atoms with Crippen LogP contribution < -0.4 is 5.32 Å². The van der Waals surface area contributed by atoms with E-state index in [2.05, 4.69) is 15.3 Å². The van der Waals surface area contributed by atoms with Gasteiger partial charge in [-0.3, -0.25) is 0 Å². The molecule has 17 heavy (non-hydrogen) atoms. The van der Waals surface area contributed by atoms with Crippen LogP contribution in [0.1, 0.15) is 18.5 Å². The summed E-state index contributed by atoms with van der Waals surface area (Å²) in [5.41, 5.74) is 1.36. The Morgan fingerprint density at radius 1 is 1.29 bits per heavy atom. The molecule has 0 aliphatic carbocycles. The molecule has 0 amide bonds. The van der Waals surface area contributed by atoms with Gasteiger partial charge in [-0.2, -0.15) is 0 Å². The molecule has 5 heteroatoms. The Kier molecular flexibility index (Phi) is 3.18. The highest BCUT2D eigenvalue weighted by Crippen LogP contribution is 2.26. The van der Waals surface area contributed by atoms with Crippen LogP contribution in [0.15, 0.2) is 36.9 Å². The SMILES string of the molecule is CC(Nc1cncnc1)c1ccc(F)cc1O. The topological polar surface area (TPSA) is 58.0 Å². The predicted octanol–water partition coefficient (Wildman–Crippen LogP) is 2.49. The van der Waals surface area contributed by atoms with E-state index in [-0.39, 0.29) is 11.8 Å². The van der Waals surface area contributed by atoms with Gasteiger partial charge in [-0.1, -0.05) is 6.07 Å². The molecule has 0 radical (unpaired) electrons. The third-order valence-corrected chi connectivity index (χ3v) is 2.40. The van der Waals surface area contributed by atoms with E-state index in [0.717, 1.165) is 11.8 Å². The number of nitrogens with one attached hydrogen (secondary N) is 1. The van der Waals surface area contributed by atoms with E-state index in [1.165, 1.54) is 12.4 Å². The molecule has 1 aromatic heterocycles. The number of aromatic nitrogens is 2. The van der Waals surface area contributed by atoms with Crippen molar-refractivity contribution >= 4 is 5.69 Å². The fraction of sp³-hybridized carbons (Fsp3) is 0.167. The van der Waals surface area contributed by atoms with Gasteiger partial charge in [0.25, 0.3) is 0 Å². The molecule has 1 heterocycles. The number of anilines is 1. The summed E-state index contributed by atoms with van der Waals surface area (Å²) in [5, 5.41) is 12.7. The smallest absolute Gasteiger partial charge is 0.126 e. The normalized spacial score (nSPS) is 12.1. The van der Waals surface area contributed by atoms with Crippen LogP contribution in [-0.4, -0.2) is 15.1 Å². The quantitative estimate of drug-likeness (QED) is 0.855. The minimum atomic E-state index is -0.457. The van der Waals surface area contributed by atoms with Crippen LogP contribution in [0.3, 0.4) is 0 Å². The van der Waals surface area contributed by atoms with E-state index in [4.69, 9.17) is 0 Å². The first kappa shape index (κ1) is 11.3. The molecular weight excluding hydrogens is 221 g/mol. The largest absolute Gasteiger partial charge is 0.507 e. The van der Waals surface area contributed by atoms with Gasteiger partial charge in [-0.05, 0) is 13.0 Å². The Morgan fingerprint density at radius 3 is 2.65 bits per heavy atom. The molecule has 1 aromatic carbocycles. The minimum Gasteiger partial charge on any atom is -0.507 e. The Hall–Kier alpha value is -2.17. The Bertz CT molecular complexity index is 504. The summed E-state index contributed by atoms with van der Waals surface area (Å²) in [6, 6.07) is 3.79. The van der Waals surface area contributed by atoms with Crippen LogP contribution >= 0.6 is 0 Å². The standard InChI is InChI=1S/C12H12FN3O/c1-8(16-10-5-14-7-15-6-10)11-3-2-9(13)4-12(11)17/h2-8,16-17H,1H3. The second-order valence-electron chi connectivity index (χ2n) is 3.70. The summed E-state index contributed by atoms with van der Waals surface area (Å²) in [5.74, 6) is -0.525. The van der Waals surface area contributed by atoms with Crippen LogP contribution in [0.2, 0.25) is 0 Å². The van der Waals surface area contributed by atoms with E-state index < -0.39 is 5.82 Å². The molecular formula is C12H12FN3O. The zero-order chi connectivity index (χ0) is 12.3. The summed E-state index contributed by atoms with van der Waals surface area (Å²) in [6.07, 6.45) is 4.69. The van der Waals surface area contributed by atoms with Gasteiger partial charge >= 0.3 is 0 Å². The van der Waals surface area contributed by atoms with Gasteiger partial charge in [0.05, 0.1) is 24.1 Å².